The highest BCUT2D eigenvalue weighted by Gasteiger charge is 2.15. The van der Waals surface area contributed by atoms with Crippen molar-refractivity contribution in [2.45, 2.75) is 20.8 Å². The van der Waals surface area contributed by atoms with Gasteiger partial charge in [0.15, 0.2) is 11.5 Å². The fraction of sp³-hybridized carbons (Fsp3) is 0.200. The van der Waals surface area contributed by atoms with Crippen molar-refractivity contribution in [2.75, 3.05) is 0 Å². The third-order valence-corrected chi connectivity index (χ3v) is 3.37. The second-order valence-corrected chi connectivity index (χ2v) is 4.51. The molecule has 2 rings (SSSR count). The number of phenols is 3. The molecule has 0 aliphatic carbocycles. The molecule has 0 aromatic heterocycles. The van der Waals surface area contributed by atoms with Crippen molar-refractivity contribution in [2.24, 2.45) is 0 Å². The molecule has 0 fully saturated rings. The van der Waals surface area contributed by atoms with E-state index in [9.17, 15) is 15.3 Å². The molecular weight excluding hydrogens is 228 g/mol. The first-order chi connectivity index (χ1) is 8.43. The zero-order valence-corrected chi connectivity index (χ0v) is 10.7. The topological polar surface area (TPSA) is 60.7 Å². The summed E-state index contributed by atoms with van der Waals surface area (Å²) in [5, 5.41) is 29.5. The van der Waals surface area contributed by atoms with Crippen LogP contribution < -0.4 is 0 Å². The summed E-state index contributed by atoms with van der Waals surface area (Å²) < 4.78 is 0. The number of phenolic OH excluding ortho intramolecular Hbond substituents is 3. The van der Waals surface area contributed by atoms with Crippen LogP contribution >= 0.6 is 0 Å². The molecule has 18 heavy (non-hydrogen) atoms. The third kappa shape index (κ3) is 1.78. The Hall–Kier alpha value is -2.16. The monoisotopic (exact) mass is 244 g/mol. The summed E-state index contributed by atoms with van der Waals surface area (Å²) in [6.07, 6.45) is 0. The van der Waals surface area contributed by atoms with Crippen molar-refractivity contribution in [3.05, 3.63) is 41.0 Å². The Morgan fingerprint density at radius 3 is 2.11 bits per heavy atom. The lowest BCUT2D eigenvalue weighted by Gasteiger charge is -2.14. The van der Waals surface area contributed by atoms with E-state index in [2.05, 4.69) is 0 Å². The summed E-state index contributed by atoms with van der Waals surface area (Å²) >= 11 is 0. The van der Waals surface area contributed by atoms with Gasteiger partial charge in [-0.1, -0.05) is 18.2 Å². The second kappa shape index (κ2) is 4.26. The lowest BCUT2D eigenvalue weighted by molar-refractivity contribution is 0.405. The minimum absolute atomic E-state index is 0.162. The predicted molar refractivity (Wildman–Crippen MR) is 71.1 cm³/mol. The first-order valence-electron chi connectivity index (χ1n) is 5.74. The molecule has 0 heterocycles. The third-order valence-electron chi connectivity index (χ3n) is 3.37. The molecule has 0 saturated heterocycles. The molecule has 0 spiro atoms. The quantitative estimate of drug-likeness (QED) is 0.674. The van der Waals surface area contributed by atoms with Crippen LogP contribution in [0.15, 0.2) is 24.3 Å². The van der Waals surface area contributed by atoms with Crippen molar-refractivity contribution < 1.29 is 15.3 Å². The van der Waals surface area contributed by atoms with Gasteiger partial charge in [0.05, 0.1) is 0 Å². The zero-order chi connectivity index (χ0) is 13.4. The molecule has 0 unspecified atom stereocenters. The Balaban J connectivity index is 2.76. The van der Waals surface area contributed by atoms with Crippen molar-refractivity contribution in [3.63, 3.8) is 0 Å². The molecule has 0 aliphatic heterocycles. The molecule has 3 nitrogen and oxygen atoms in total. The number of rotatable bonds is 1. The van der Waals surface area contributed by atoms with E-state index in [1.165, 1.54) is 6.07 Å². The van der Waals surface area contributed by atoms with Gasteiger partial charge in [-0.25, -0.2) is 0 Å². The van der Waals surface area contributed by atoms with Crippen LogP contribution in [0.1, 0.15) is 16.7 Å². The van der Waals surface area contributed by atoms with Crippen LogP contribution in [0.5, 0.6) is 17.2 Å². The van der Waals surface area contributed by atoms with Gasteiger partial charge >= 0.3 is 0 Å². The minimum atomic E-state index is -0.164. The molecule has 2 aromatic rings. The summed E-state index contributed by atoms with van der Waals surface area (Å²) in [6.45, 7) is 5.54. The molecule has 0 bridgehead atoms. The summed E-state index contributed by atoms with van der Waals surface area (Å²) in [4.78, 5) is 0. The number of aromatic hydroxyl groups is 3. The first kappa shape index (κ1) is 12.3. The van der Waals surface area contributed by atoms with E-state index in [4.69, 9.17) is 0 Å². The van der Waals surface area contributed by atoms with Crippen LogP contribution in [-0.2, 0) is 0 Å². The highest BCUT2D eigenvalue weighted by atomic mass is 16.3. The van der Waals surface area contributed by atoms with Gasteiger partial charge in [0.1, 0.15) is 5.75 Å². The van der Waals surface area contributed by atoms with Crippen molar-refractivity contribution in [1.29, 1.82) is 0 Å². The minimum Gasteiger partial charge on any atom is -0.507 e. The van der Waals surface area contributed by atoms with Crippen LogP contribution in [0.3, 0.4) is 0 Å². The molecular formula is C15H16O3. The fourth-order valence-electron chi connectivity index (χ4n) is 2.06. The molecule has 0 atom stereocenters. The Morgan fingerprint density at radius 2 is 1.44 bits per heavy atom. The van der Waals surface area contributed by atoms with Crippen molar-refractivity contribution >= 4 is 0 Å². The smallest absolute Gasteiger partial charge is 0.165 e. The van der Waals surface area contributed by atoms with Crippen LogP contribution in [0.2, 0.25) is 0 Å². The number of aryl methyl sites for hydroxylation is 1. The Morgan fingerprint density at radius 1 is 0.778 bits per heavy atom. The average Bonchev–Trinajstić information content (AvgIpc) is 2.35. The maximum Gasteiger partial charge on any atom is 0.165 e. The van der Waals surface area contributed by atoms with Crippen molar-refractivity contribution in [3.8, 4) is 28.4 Å². The largest absolute Gasteiger partial charge is 0.507 e. The molecule has 94 valence electrons. The Kier molecular flexibility index (Phi) is 2.91. The molecule has 0 aliphatic rings. The second-order valence-electron chi connectivity index (χ2n) is 4.51. The molecule has 0 amide bonds. The first-order valence-corrected chi connectivity index (χ1v) is 5.74. The van der Waals surface area contributed by atoms with E-state index in [1.54, 1.807) is 19.1 Å². The fourth-order valence-corrected chi connectivity index (χ4v) is 2.06. The number of hydrogen-bond acceptors (Lipinski definition) is 3. The SMILES string of the molecule is Cc1cc(-c2cccc(O)c2O)c(C)c(O)c1C. The Labute approximate surface area is 106 Å². The van der Waals surface area contributed by atoms with E-state index >= 15 is 0 Å². The number of benzene rings is 2. The van der Waals surface area contributed by atoms with E-state index in [1.807, 2.05) is 19.9 Å². The summed E-state index contributed by atoms with van der Waals surface area (Å²) in [5.74, 6) is -0.0967. The molecule has 0 saturated carbocycles. The van der Waals surface area contributed by atoms with Gasteiger partial charge in [0.2, 0.25) is 0 Å². The lowest BCUT2D eigenvalue weighted by atomic mass is 9.93. The van der Waals surface area contributed by atoms with Gasteiger partial charge in [-0.3, -0.25) is 0 Å². The van der Waals surface area contributed by atoms with Crippen LogP contribution in [0.25, 0.3) is 11.1 Å². The number of para-hydroxylation sites is 1. The Bertz CT molecular complexity index is 616. The predicted octanol–water partition coefficient (Wildman–Crippen LogP) is 3.40. The summed E-state index contributed by atoms with van der Waals surface area (Å²) in [7, 11) is 0. The zero-order valence-electron chi connectivity index (χ0n) is 10.7. The van der Waals surface area contributed by atoms with Crippen molar-refractivity contribution in [1.82, 2.24) is 0 Å². The number of hydrogen-bond donors (Lipinski definition) is 3. The summed E-state index contributed by atoms with van der Waals surface area (Å²) in [5.41, 5.74) is 3.71. The van der Waals surface area contributed by atoms with E-state index < -0.39 is 0 Å². The highest BCUT2D eigenvalue weighted by Crippen LogP contribution is 2.41. The average molecular weight is 244 g/mol. The molecule has 2 aromatic carbocycles. The van der Waals surface area contributed by atoms with E-state index in [0.717, 1.165) is 16.7 Å². The lowest BCUT2D eigenvalue weighted by Crippen LogP contribution is -1.91. The molecule has 3 N–H and O–H groups in total. The highest BCUT2D eigenvalue weighted by molar-refractivity contribution is 5.78. The van der Waals surface area contributed by atoms with Gasteiger partial charge in [-0.05, 0) is 49.1 Å². The normalized spacial score (nSPS) is 10.6. The summed E-state index contributed by atoms with van der Waals surface area (Å²) in [6, 6.07) is 6.70. The maximum atomic E-state index is 10.0. The van der Waals surface area contributed by atoms with Crippen LogP contribution in [-0.4, -0.2) is 15.3 Å². The molecule has 3 heteroatoms. The van der Waals surface area contributed by atoms with Crippen LogP contribution in [0.4, 0.5) is 0 Å². The van der Waals surface area contributed by atoms with Gasteiger partial charge in [0.25, 0.3) is 0 Å². The standard InChI is InChI=1S/C15H16O3/c1-8-7-12(10(3)14(17)9(8)2)11-5-4-6-13(16)15(11)18/h4-7,16-18H,1-3H3. The molecule has 0 radical (unpaired) electrons. The van der Waals surface area contributed by atoms with Gasteiger partial charge in [-0.2, -0.15) is 0 Å². The van der Waals surface area contributed by atoms with Gasteiger partial charge < -0.3 is 15.3 Å². The van der Waals surface area contributed by atoms with E-state index in [-0.39, 0.29) is 17.2 Å². The van der Waals surface area contributed by atoms with Gasteiger partial charge in [-0.15, -0.1) is 0 Å². The van der Waals surface area contributed by atoms with E-state index in [0.29, 0.717) is 11.1 Å². The maximum absolute atomic E-state index is 10.0. The van der Waals surface area contributed by atoms with Gasteiger partial charge in [0, 0.05) is 5.56 Å². The van der Waals surface area contributed by atoms with Crippen LogP contribution in [0, 0.1) is 20.8 Å².